The first-order valence-corrected chi connectivity index (χ1v) is 5.76. The van der Waals surface area contributed by atoms with Crippen LogP contribution in [0.4, 0.5) is 0 Å². The second-order valence-electron chi connectivity index (χ2n) is 3.70. The molecule has 1 N–H and O–H groups in total. The Morgan fingerprint density at radius 3 is 2.81 bits per heavy atom. The lowest BCUT2D eigenvalue weighted by molar-refractivity contribution is 0.290. The maximum Gasteiger partial charge on any atom is 0.126 e. The van der Waals surface area contributed by atoms with Crippen LogP contribution in [0.15, 0.2) is 24.3 Å². The van der Waals surface area contributed by atoms with E-state index in [-0.39, 0.29) is 6.61 Å². The molecule has 0 aliphatic heterocycles. The molecule has 16 heavy (non-hydrogen) atoms. The van der Waals surface area contributed by atoms with E-state index in [1.54, 1.807) is 7.11 Å². The van der Waals surface area contributed by atoms with Gasteiger partial charge in [0, 0.05) is 12.2 Å². The van der Waals surface area contributed by atoms with E-state index in [2.05, 4.69) is 31.2 Å². The third-order valence-corrected chi connectivity index (χ3v) is 2.53. The van der Waals surface area contributed by atoms with E-state index in [1.165, 1.54) is 5.56 Å². The van der Waals surface area contributed by atoms with Crippen LogP contribution in [0.2, 0.25) is 0 Å². The van der Waals surface area contributed by atoms with E-state index in [4.69, 9.17) is 9.84 Å². The highest BCUT2D eigenvalue weighted by Gasteiger charge is 2.00. The minimum Gasteiger partial charge on any atom is -0.496 e. The minimum absolute atomic E-state index is 0.247. The Morgan fingerprint density at radius 1 is 1.38 bits per heavy atom. The molecule has 0 atom stereocenters. The number of aryl methyl sites for hydroxylation is 1. The first kappa shape index (κ1) is 12.8. The summed E-state index contributed by atoms with van der Waals surface area (Å²) in [4.78, 5) is 0. The molecule has 1 aromatic rings. The number of hydrogen-bond acceptors (Lipinski definition) is 2. The predicted octanol–water partition coefficient (Wildman–Crippen LogP) is 3.04. The van der Waals surface area contributed by atoms with Crippen molar-refractivity contribution in [2.24, 2.45) is 0 Å². The van der Waals surface area contributed by atoms with Gasteiger partial charge >= 0.3 is 0 Å². The molecule has 0 amide bonds. The van der Waals surface area contributed by atoms with Crippen molar-refractivity contribution >= 4 is 6.08 Å². The highest BCUT2D eigenvalue weighted by atomic mass is 16.5. The van der Waals surface area contributed by atoms with Crippen LogP contribution in [0.25, 0.3) is 6.08 Å². The van der Waals surface area contributed by atoms with Gasteiger partial charge in [0.15, 0.2) is 0 Å². The number of benzene rings is 1. The van der Waals surface area contributed by atoms with Gasteiger partial charge in [-0.3, -0.25) is 0 Å². The molecular formula is C14H20O2. The minimum atomic E-state index is 0.247. The van der Waals surface area contributed by atoms with Crippen LogP contribution < -0.4 is 4.74 Å². The molecule has 0 spiro atoms. The summed E-state index contributed by atoms with van der Waals surface area (Å²) >= 11 is 0. The van der Waals surface area contributed by atoms with E-state index in [9.17, 15) is 0 Å². The molecule has 0 saturated heterocycles. The lowest BCUT2D eigenvalue weighted by atomic mass is 10.1. The van der Waals surface area contributed by atoms with Gasteiger partial charge in [0.2, 0.25) is 0 Å². The van der Waals surface area contributed by atoms with Crippen molar-refractivity contribution in [3.05, 3.63) is 35.4 Å². The van der Waals surface area contributed by atoms with E-state index < -0.39 is 0 Å². The number of aliphatic hydroxyl groups is 1. The van der Waals surface area contributed by atoms with Gasteiger partial charge in [-0.1, -0.05) is 25.1 Å². The van der Waals surface area contributed by atoms with Gasteiger partial charge in [-0.25, -0.2) is 0 Å². The van der Waals surface area contributed by atoms with Crippen molar-refractivity contribution in [3.8, 4) is 5.75 Å². The average Bonchev–Trinajstić information content (AvgIpc) is 2.34. The Bertz CT molecular complexity index is 343. The van der Waals surface area contributed by atoms with Gasteiger partial charge in [0.05, 0.1) is 7.11 Å². The zero-order valence-electron chi connectivity index (χ0n) is 10.1. The summed E-state index contributed by atoms with van der Waals surface area (Å²) in [5, 5.41) is 8.69. The lowest BCUT2D eigenvalue weighted by Gasteiger charge is -2.06. The lowest BCUT2D eigenvalue weighted by Crippen LogP contribution is -1.89. The summed E-state index contributed by atoms with van der Waals surface area (Å²) in [5.41, 5.74) is 2.42. The van der Waals surface area contributed by atoms with Gasteiger partial charge in [0.25, 0.3) is 0 Å². The zero-order valence-corrected chi connectivity index (χ0v) is 10.1. The molecule has 0 heterocycles. The third-order valence-electron chi connectivity index (χ3n) is 2.53. The first-order chi connectivity index (χ1) is 7.81. The largest absolute Gasteiger partial charge is 0.496 e. The second kappa shape index (κ2) is 7.07. The van der Waals surface area contributed by atoms with Gasteiger partial charge in [-0.05, 0) is 37.0 Å². The summed E-state index contributed by atoms with van der Waals surface area (Å²) in [6, 6.07) is 6.24. The monoisotopic (exact) mass is 220 g/mol. The molecule has 0 aliphatic rings. The smallest absolute Gasteiger partial charge is 0.126 e. The SMILES string of the molecule is CCc1ccc(OC)c(/C=C/CCCO)c1. The number of aliphatic hydroxyl groups excluding tert-OH is 1. The molecule has 0 saturated carbocycles. The van der Waals surface area contributed by atoms with E-state index in [0.717, 1.165) is 30.6 Å². The number of ether oxygens (including phenoxy) is 1. The second-order valence-corrected chi connectivity index (χ2v) is 3.70. The first-order valence-electron chi connectivity index (χ1n) is 5.76. The molecule has 2 heteroatoms. The number of unbranched alkanes of at least 4 members (excludes halogenated alkanes) is 1. The van der Waals surface area contributed by atoms with Crippen molar-refractivity contribution < 1.29 is 9.84 Å². The Hall–Kier alpha value is -1.28. The number of methoxy groups -OCH3 is 1. The van der Waals surface area contributed by atoms with Crippen LogP contribution in [0.5, 0.6) is 5.75 Å². The van der Waals surface area contributed by atoms with Crippen molar-refractivity contribution in [1.29, 1.82) is 0 Å². The average molecular weight is 220 g/mol. The van der Waals surface area contributed by atoms with Gasteiger partial charge in [0.1, 0.15) is 5.75 Å². The summed E-state index contributed by atoms with van der Waals surface area (Å²) < 4.78 is 5.30. The van der Waals surface area contributed by atoms with Crippen LogP contribution in [0.1, 0.15) is 30.9 Å². The predicted molar refractivity (Wildman–Crippen MR) is 67.7 cm³/mol. The van der Waals surface area contributed by atoms with Crippen LogP contribution in [0.3, 0.4) is 0 Å². The van der Waals surface area contributed by atoms with E-state index >= 15 is 0 Å². The summed E-state index contributed by atoms with van der Waals surface area (Å²) in [6.07, 6.45) is 6.88. The van der Waals surface area contributed by atoms with Gasteiger partial charge < -0.3 is 9.84 Å². The molecule has 0 aromatic heterocycles. The molecular weight excluding hydrogens is 200 g/mol. The Balaban J connectivity index is 2.78. The molecule has 0 unspecified atom stereocenters. The van der Waals surface area contributed by atoms with E-state index in [0.29, 0.717) is 0 Å². The molecule has 0 bridgehead atoms. The van der Waals surface area contributed by atoms with Crippen LogP contribution in [-0.4, -0.2) is 18.8 Å². The fraction of sp³-hybridized carbons (Fsp3) is 0.429. The Kier molecular flexibility index (Phi) is 5.65. The zero-order chi connectivity index (χ0) is 11.8. The Morgan fingerprint density at radius 2 is 2.19 bits per heavy atom. The maximum atomic E-state index is 8.69. The van der Waals surface area contributed by atoms with Crippen LogP contribution >= 0.6 is 0 Å². The highest BCUT2D eigenvalue weighted by molar-refractivity contribution is 5.58. The Labute approximate surface area is 97.6 Å². The summed E-state index contributed by atoms with van der Waals surface area (Å²) in [5.74, 6) is 0.900. The third kappa shape index (κ3) is 3.70. The van der Waals surface area contributed by atoms with Gasteiger partial charge in [-0.15, -0.1) is 0 Å². The van der Waals surface area contributed by atoms with Crippen molar-refractivity contribution in [2.45, 2.75) is 26.2 Å². The number of hydrogen-bond donors (Lipinski definition) is 1. The summed E-state index contributed by atoms with van der Waals surface area (Å²) in [7, 11) is 1.69. The molecule has 0 fully saturated rings. The van der Waals surface area contributed by atoms with Gasteiger partial charge in [-0.2, -0.15) is 0 Å². The molecule has 2 nitrogen and oxygen atoms in total. The fourth-order valence-corrected chi connectivity index (χ4v) is 1.55. The quantitative estimate of drug-likeness (QED) is 0.747. The van der Waals surface area contributed by atoms with Crippen molar-refractivity contribution in [3.63, 3.8) is 0 Å². The maximum absolute atomic E-state index is 8.69. The molecule has 88 valence electrons. The molecule has 0 aliphatic carbocycles. The van der Waals surface area contributed by atoms with Crippen LogP contribution in [-0.2, 0) is 6.42 Å². The highest BCUT2D eigenvalue weighted by Crippen LogP contribution is 2.21. The van der Waals surface area contributed by atoms with E-state index in [1.807, 2.05) is 6.07 Å². The van der Waals surface area contributed by atoms with Crippen molar-refractivity contribution in [2.75, 3.05) is 13.7 Å². The topological polar surface area (TPSA) is 29.5 Å². The number of allylic oxidation sites excluding steroid dienone is 1. The van der Waals surface area contributed by atoms with Crippen molar-refractivity contribution in [1.82, 2.24) is 0 Å². The molecule has 1 aromatic carbocycles. The molecule has 1 rings (SSSR count). The molecule has 0 radical (unpaired) electrons. The van der Waals surface area contributed by atoms with Crippen LogP contribution in [0, 0.1) is 0 Å². The standard InChI is InChI=1S/C14H20O2/c1-3-12-8-9-14(16-2)13(11-12)7-5-4-6-10-15/h5,7-9,11,15H,3-4,6,10H2,1-2H3/b7-5+. The summed E-state index contributed by atoms with van der Waals surface area (Å²) in [6.45, 7) is 2.39. The normalized spacial score (nSPS) is 10.9. The fourth-order valence-electron chi connectivity index (χ4n) is 1.55. The number of rotatable bonds is 6.